The molecule has 0 saturated carbocycles. The lowest BCUT2D eigenvalue weighted by Gasteiger charge is -2.38. The Morgan fingerprint density at radius 1 is 1.14 bits per heavy atom. The van der Waals surface area contributed by atoms with Gasteiger partial charge in [-0.3, -0.25) is 14.7 Å². The standard InChI is InChI=1S/C22H21N5O2/c23-14-16-3-5-17(6-4-16)21(18-2-1-10-24-15-18)27-12-8-19(9-13-27)26-22(28)20-7-11-25-29-20/h1-7,10-11,15,19,21H,8-9,12-13H2,(H,26,28). The molecule has 7 nitrogen and oxygen atoms in total. The molecule has 1 N–H and O–H groups in total. The summed E-state index contributed by atoms with van der Waals surface area (Å²) in [6, 6.07) is 15.6. The summed E-state index contributed by atoms with van der Waals surface area (Å²) in [5, 5.41) is 15.7. The fourth-order valence-corrected chi connectivity index (χ4v) is 3.78. The molecule has 1 saturated heterocycles. The number of amides is 1. The molecule has 1 fully saturated rings. The number of nitriles is 1. The van der Waals surface area contributed by atoms with Gasteiger partial charge in [-0.1, -0.05) is 23.4 Å². The minimum Gasteiger partial charge on any atom is -0.351 e. The number of nitrogens with zero attached hydrogens (tertiary/aromatic N) is 4. The quantitative estimate of drug-likeness (QED) is 0.723. The van der Waals surface area contributed by atoms with Crippen LogP contribution in [0.5, 0.6) is 0 Å². The highest BCUT2D eigenvalue weighted by atomic mass is 16.5. The van der Waals surface area contributed by atoms with E-state index in [9.17, 15) is 4.79 Å². The third kappa shape index (κ3) is 4.33. The van der Waals surface area contributed by atoms with Crippen LogP contribution >= 0.6 is 0 Å². The van der Waals surface area contributed by atoms with E-state index in [-0.39, 0.29) is 23.8 Å². The lowest BCUT2D eigenvalue weighted by molar-refractivity contribution is 0.0864. The van der Waals surface area contributed by atoms with Crippen molar-refractivity contribution in [2.45, 2.75) is 24.9 Å². The van der Waals surface area contributed by atoms with Crippen molar-refractivity contribution in [3.05, 3.63) is 83.5 Å². The molecule has 2 aromatic heterocycles. The molecule has 1 aliphatic heterocycles. The smallest absolute Gasteiger partial charge is 0.290 e. The van der Waals surface area contributed by atoms with Gasteiger partial charge in [-0.2, -0.15) is 5.26 Å². The zero-order valence-corrected chi connectivity index (χ0v) is 15.9. The van der Waals surface area contributed by atoms with Crippen LogP contribution < -0.4 is 5.32 Å². The number of piperidine rings is 1. The molecule has 4 rings (SSSR count). The summed E-state index contributed by atoms with van der Waals surface area (Å²) in [7, 11) is 0. The molecular formula is C22H21N5O2. The van der Waals surface area contributed by atoms with E-state index in [1.807, 2.05) is 36.5 Å². The van der Waals surface area contributed by atoms with Gasteiger partial charge in [0.1, 0.15) is 0 Å². The van der Waals surface area contributed by atoms with Crippen LogP contribution in [-0.2, 0) is 0 Å². The second-order valence-corrected chi connectivity index (χ2v) is 7.08. The predicted octanol–water partition coefficient (Wildman–Crippen LogP) is 2.93. The number of carbonyl (C=O) groups excluding carboxylic acids is 1. The summed E-state index contributed by atoms with van der Waals surface area (Å²) in [5.74, 6) is 0.00935. The summed E-state index contributed by atoms with van der Waals surface area (Å²) >= 11 is 0. The average molecular weight is 387 g/mol. The van der Waals surface area contributed by atoms with Crippen molar-refractivity contribution in [3.8, 4) is 6.07 Å². The first kappa shape index (κ1) is 18.8. The molecule has 7 heteroatoms. The Hall–Kier alpha value is -3.50. The third-order valence-electron chi connectivity index (χ3n) is 5.25. The molecule has 1 aromatic carbocycles. The second kappa shape index (κ2) is 8.67. The van der Waals surface area contributed by atoms with Crippen LogP contribution in [0.4, 0.5) is 0 Å². The molecule has 1 amide bonds. The number of pyridine rings is 1. The van der Waals surface area contributed by atoms with Gasteiger partial charge in [-0.25, -0.2) is 0 Å². The first-order valence-corrected chi connectivity index (χ1v) is 9.60. The highest BCUT2D eigenvalue weighted by Crippen LogP contribution is 2.31. The van der Waals surface area contributed by atoms with E-state index < -0.39 is 0 Å². The van der Waals surface area contributed by atoms with Gasteiger partial charge < -0.3 is 9.84 Å². The van der Waals surface area contributed by atoms with Gasteiger partial charge in [-0.05, 0) is 42.2 Å². The lowest BCUT2D eigenvalue weighted by atomic mass is 9.94. The molecule has 0 bridgehead atoms. The molecular weight excluding hydrogens is 366 g/mol. The van der Waals surface area contributed by atoms with Crippen molar-refractivity contribution in [2.75, 3.05) is 13.1 Å². The van der Waals surface area contributed by atoms with Crippen molar-refractivity contribution in [2.24, 2.45) is 0 Å². The molecule has 3 aromatic rings. The highest BCUT2D eigenvalue weighted by molar-refractivity contribution is 5.91. The Morgan fingerprint density at radius 3 is 2.55 bits per heavy atom. The predicted molar refractivity (Wildman–Crippen MR) is 106 cm³/mol. The molecule has 0 aliphatic carbocycles. The largest absolute Gasteiger partial charge is 0.351 e. The average Bonchev–Trinajstić information content (AvgIpc) is 3.32. The van der Waals surface area contributed by atoms with Gasteiger partial charge in [0.25, 0.3) is 5.91 Å². The Kier molecular flexibility index (Phi) is 5.63. The molecule has 0 radical (unpaired) electrons. The minimum absolute atomic E-state index is 0.0577. The van der Waals surface area contributed by atoms with Gasteiger partial charge >= 0.3 is 0 Å². The van der Waals surface area contributed by atoms with E-state index in [1.54, 1.807) is 12.3 Å². The van der Waals surface area contributed by atoms with E-state index in [4.69, 9.17) is 9.78 Å². The Morgan fingerprint density at radius 2 is 1.93 bits per heavy atom. The number of nitrogens with one attached hydrogen (secondary N) is 1. The zero-order chi connectivity index (χ0) is 20.1. The zero-order valence-electron chi connectivity index (χ0n) is 15.9. The number of aromatic nitrogens is 2. The SMILES string of the molecule is N#Cc1ccc(C(c2cccnc2)N2CCC(NC(=O)c3ccno3)CC2)cc1. The van der Waals surface area contributed by atoms with Crippen molar-refractivity contribution < 1.29 is 9.32 Å². The number of likely N-dealkylation sites (tertiary alicyclic amines) is 1. The van der Waals surface area contributed by atoms with Gasteiger partial charge in [-0.15, -0.1) is 0 Å². The van der Waals surface area contributed by atoms with E-state index in [1.165, 1.54) is 6.20 Å². The lowest BCUT2D eigenvalue weighted by Crippen LogP contribution is -2.45. The molecule has 1 unspecified atom stereocenters. The summed E-state index contributed by atoms with van der Waals surface area (Å²) in [6.07, 6.45) is 6.80. The van der Waals surface area contributed by atoms with Crippen molar-refractivity contribution in [1.29, 1.82) is 5.26 Å². The number of rotatable bonds is 5. The Balaban J connectivity index is 1.48. The molecule has 1 atom stereocenters. The maximum absolute atomic E-state index is 12.2. The molecule has 0 spiro atoms. The van der Waals surface area contributed by atoms with Gasteiger partial charge in [0.15, 0.2) is 0 Å². The first-order valence-electron chi connectivity index (χ1n) is 9.60. The summed E-state index contributed by atoms with van der Waals surface area (Å²) in [6.45, 7) is 1.67. The first-order chi connectivity index (χ1) is 14.2. The fourth-order valence-electron chi connectivity index (χ4n) is 3.78. The van der Waals surface area contributed by atoms with E-state index >= 15 is 0 Å². The molecule has 146 valence electrons. The van der Waals surface area contributed by atoms with Crippen molar-refractivity contribution in [1.82, 2.24) is 20.4 Å². The number of benzene rings is 1. The normalized spacial score (nSPS) is 16.1. The summed E-state index contributed by atoms with van der Waals surface area (Å²) < 4.78 is 4.93. The van der Waals surface area contributed by atoms with Gasteiger partial charge in [0.2, 0.25) is 5.76 Å². The molecule has 1 aliphatic rings. The van der Waals surface area contributed by atoms with Crippen LogP contribution in [0.3, 0.4) is 0 Å². The third-order valence-corrected chi connectivity index (χ3v) is 5.25. The Labute approximate surface area is 169 Å². The maximum atomic E-state index is 12.2. The minimum atomic E-state index is -0.225. The van der Waals surface area contributed by atoms with Crippen molar-refractivity contribution >= 4 is 5.91 Å². The van der Waals surface area contributed by atoms with Crippen LogP contribution in [0.25, 0.3) is 0 Å². The van der Waals surface area contributed by atoms with Crippen LogP contribution in [-0.4, -0.2) is 40.1 Å². The fraction of sp³-hybridized carbons (Fsp3) is 0.273. The van der Waals surface area contributed by atoms with Gasteiger partial charge in [0.05, 0.1) is 23.9 Å². The number of hydrogen-bond donors (Lipinski definition) is 1. The van der Waals surface area contributed by atoms with Crippen molar-refractivity contribution in [3.63, 3.8) is 0 Å². The van der Waals surface area contributed by atoms with Crippen LogP contribution in [0.1, 0.15) is 46.1 Å². The van der Waals surface area contributed by atoms with Crippen LogP contribution in [0.15, 0.2) is 65.6 Å². The monoisotopic (exact) mass is 387 g/mol. The van der Waals surface area contributed by atoms with E-state index in [2.05, 4.69) is 32.5 Å². The van der Waals surface area contributed by atoms with Crippen LogP contribution in [0, 0.1) is 11.3 Å². The topological polar surface area (TPSA) is 95.1 Å². The van der Waals surface area contributed by atoms with E-state index in [0.717, 1.165) is 37.1 Å². The second-order valence-electron chi connectivity index (χ2n) is 7.08. The van der Waals surface area contributed by atoms with Gasteiger partial charge in [0, 0.05) is 37.6 Å². The molecule has 29 heavy (non-hydrogen) atoms. The Bertz CT molecular complexity index is 972. The number of hydrogen-bond acceptors (Lipinski definition) is 6. The molecule has 3 heterocycles. The summed E-state index contributed by atoms with van der Waals surface area (Å²) in [5.41, 5.74) is 2.88. The maximum Gasteiger partial charge on any atom is 0.290 e. The van der Waals surface area contributed by atoms with E-state index in [0.29, 0.717) is 5.56 Å². The number of carbonyl (C=O) groups is 1. The van der Waals surface area contributed by atoms with Crippen LogP contribution in [0.2, 0.25) is 0 Å². The summed E-state index contributed by atoms with van der Waals surface area (Å²) in [4.78, 5) is 18.9. The highest BCUT2D eigenvalue weighted by Gasteiger charge is 2.28.